The molecule has 0 fully saturated rings. The van der Waals surface area contributed by atoms with Crippen molar-refractivity contribution in [3.8, 4) is 0 Å². The molecule has 20 heavy (non-hydrogen) atoms. The van der Waals surface area contributed by atoms with Crippen LogP contribution in [-0.4, -0.2) is 13.6 Å². The standard InChI is InChI=1S/C17H24N2O/c1-4-10-18-12-15-11-17(20-14(15)2)13-19(3)16-8-6-5-7-9-16/h5-9,11,18H,4,10,12-13H2,1-3H3. The van der Waals surface area contributed by atoms with Gasteiger partial charge in [-0.2, -0.15) is 0 Å². The third-order valence-corrected chi connectivity index (χ3v) is 3.40. The van der Waals surface area contributed by atoms with Gasteiger partial charge in [0.15, 0.2) is 0 Å². The SMILES string of the molecule is CCCNCc1cc(CN(C)c2ccccc2)oc1C. The number of furan rings is 1. The fraction of sp³-hybridized carbons (Fsp3) is 0.412. The molecule has 2 rings (SSSR count). The molecule has 1 aromatic carbocycles. The van der Waals surface area contributed by atoms with Crippen molar-refractivity contribution in [1.29, 1.82) is 0 Å². The second-order valence-corrected chi connectivity index (χ2v) is 5.16. The first-order valence-electron chi connectivity index (χ1n) is 7.25. The van der Waals surface area contributed by atoms with E-state index >= 15 is 0 Å². The van der Waals surface area contributed by atoms with Crippen LogP contribution in [0.3, 0.4) is 0 Å². The van der Waals surface area contributed by atoms with E-state index in [9.17, 15) is 0 Å². The van der Waals surface area contributed by atoms with Crippen LogP contribution in [0, 0.1) is 6.92 Å². The van der Waals surface area contributed by atoms with Crippen LogP contribution in [0.2, 0.25) is 0 Å². The number of aryl methyl sites for hydroxylation is 1. The molecule has 3 heteroatoms. The molecule has 1 aromatic heterocycles. The minimum atomic E-state index is 0.790. The van der Waals surface area contributed by atoms with Gasteiger partial charge in [0.1, 0.15) is 11.5 Å². The molecule has 0 saturated carbocycles. The van der Waals surface area contributed by atoms with Crippen molar-refractivity contribution in [3.63, 3.8) is 0 Å². The normalized spacial score (nSPS) is 10.8. The van der Waals surface area contributed by atoms with Gasteiger partial charge in [0, 0.05) is 24.8 Å². The van der Waals surface area contributed by atoms with Crippen LogP contribution in [-0.2, 0) is 13.1 Å². The van der Waals surface area contributed by atoms with Crippen LogP contribution in [0.4, 0.5) is 5.69 Å². The second kappa shape index (κ2) is 7.15. The summed E-state index contributed by atoms with van der Waals surface area (Å²) < 4.78 is 5.86. The zero-order chi connectivity index (χ0) is 14.4. The Kier molecular flexibility index (Phi) is 5.24. The third kappa shape index (κ3) is 3.87. The molecule has 0 unspecified atom stereocenters. The van der Waals surface area contributed by atoms with Gasteiger partial charge < -0.3 is 14.6 Å². The number of hydrogen-bond acceptors (Lipinski definition) is 3. The van der Waals surface area contributed by atoms with Gasteiger partial charge in [-0.05, 0) is 38.1 Å². The zero-order valence-corrected chi connectivity index (χ0v) is 12.6. The van der Waals surface area contributed by atoms with E-state index in [1.54, 1.807) is 0 Å². The third-order valence-electron chi connectivity index (χ3n) is 3.40. The Morgan fingerprint density at radius 1 is 1.20 bits per heavy atom. The Labute approximate surface area is 121 Å². The van der Waals surface area contributed by atoms with E-state index in [2.05, 4.69) is 54.5 Å². The molecule has 1 N–H and O–H groups in total. The minimum absolute atomic E-state index is 0.790. The van der Waals surface area contributed by atoms with Gasteiger partial charge in [-0.3, -0.25) is 0 Å². The van der Waals surface area contributed by atoms with Crippen molar-refractivity contribution in [3.05, 3.63) is 53.5 Å². The molecular formula is C17H24N2O. The Morgan fingerprint density at radius 3 is 2.65 bits per heavy atom. The summed E-state index contributed by atoms with van der Waals surface area (Å²) in [6, 6.07) is 12.5. The zero-order valence-electron chi connectivity index (χ0n) is 12.6. The van der Waals surface area contributed by atoms with E-state index < -0.39 is 0 Å². The summed E-state index contributed by atoms with van der Waals surface area (Å²) >= 11 is 0. The fourth-order valence-corrected chi connectivity index (χ4v) is 2.25. The first kappa shape index (κ1) is 14.7. The Bertz CT molecular complexity index is 519. The molecule has 108 valence electrons. The number of para-hydroxylation sites is 1. The molecular weight excluding hydrogens is 248 g/mol. The number of anilines is 1. The van der Waals surface area contributed by atoms with Gasteiger partial charge >= 0.3 is 0 Å². The predicted molar refractivity (Wildman–Crippen MR) is 84.0 cm³/mol. The monoisotopic (exact) mass is 272 g/mol. The summed E-state index contributed by atoms with van der Waals surface area (Å²) in [4.78, 5) is 2.20. The van der Waals surface area contributed by atoms with Crippen LogP contribution in [0.25, 0.3) is 0 Å². The van der Waals surface area contributed by atoms with Gasteiger partial charge in [0.25, 0.3) is 0 Å². The number of nitrogens with one attached hydrogen (secondary N) is 1. The van der Waals surface area contributed by atoms with Gasteiger partial charge in [-0.25, -0.2) is 0 Å². The second-order valence-electron chi connectivity index (χ2n) is 5.16. The summed E-state index contributed by atoms with van der Waals surface area (Å²) in [5, 5.41) is 3.42. The lowest BCUT2D eigenvalue weighted by molar-refractivity contribution is 0.477. The van der Waals surface area contributed by atoms with E-state index in [1.807, 2.05) is 13.0 Å². The van der Waals surface area contributed by atoms with Gasteiger partial charge in [-0.15, -0.1) is 0 Å². The van der Waals surface area contributed by atoms with E-state index in [0.717, 1.165) is 37.6 Å². The molecule has 0 aliphatic rings. The first-order valence-corrected chi connectivity index (χ1v) is 7.25. The van der Waals surface area contributed by atoms with Crippen LogP contribution < -0.4 is 10.2 Å². The average Bonchev–Trinajstić information content (AvgIpc) is 2.80. The van der Waals surface area contributed by atoms with Crippen LogP contribution in [0.1, 0.15) is 30.4 Å². The summed E-state index contributed by atoms with van der Waals surface area (Å²) in [7, 11) is 2.09. The molecule has 0 bridgehead atoms. The molecule has 0 radical (unpaired) electrons. The maximum atomic E-state index is 5.86. The molecule has 0 atom stereocenters. The molecule has 0 saturated heterocycles. The summed E-state index contributed by atoms with van der Waals surface area (Å²) in [5.41, 5.74) is 2.46. The van der Waals surface area contributed by atoms with Gasteiger partial charge in [-0.1, -0.05) is 25.1 Å². The number of rotatable bonds is 7. The highest BCUT2D eigenvalue weighted by Crippen LogP contribution is 2.19. The highest BCUT2D eigenvalue weighted by Gasteiger charge is 2.09. The minimum Gasteiger partial charge on any atom is -0.464 e. The number of benzene rings is 1. The lowest BCUT2D eigenvalue weighted by atomic mass is 10.2. The van der Waals surface area contributed by atoms with Crippen molar-refractivity contribution in [2.75, 3.05) is 18.5 Å². The number of nitrogens with zero attached hydrogens (tertiary/aromatic N) is 1. The maximum Gasteiger partial charge on any atom is 0.123 e. The largest absolute Gasteiger partial charge is 0.464 e. The van der Waals surface area contributed by atoms with Crippen molar-refractivity contribution in [2.24, 2.45) is 0 Å². The highest BCUT2D eigenvalue weighted by molar-refractivity contribution is 5.45. The summed E-state index contributed by atoms with van der Waals surface area (Å²) in [6.45, 7) is 6.94. The summed E-state index contributed by atoms with van der Waals surface area (Å²) in [6.07, 6.45) is 1.15. The fourth-order valence-electron chi connectivity index (χ4n) is 2.25. The molecule has 1 heterocycles. The molecule has 3 nitrogen and oxygen atoms in total. The van der Waals surface area contributed by atoms with Crippen molar-refractivity contribution >= 4 is 5.69 Å². The van der Waals surface area contributed by atoms with Crippen LogP contribution in [0.15, 0.2) is 40.8 Å². The maximum absolute atomic E-state index is 5.86. The topological polar surface area (TPSA) is 28.4 Å². The van der Waals surface area contributed by atoms with Crippen molar-refractivity contribution < 1.29 is 4.42 Å². The molecule has 0 aliphatic heterocycles. The van der Waals surface area contributed by atoms with E-state index in [1.165, 1.54) is 11.3 Å². The molecule has 2 aromatic rings. The molecule has 0 amide bonds. The highest BCUT2D eigenvalue weighted by atomic mass is 16.3. The molecule has 0 spiro atoms. The van der Waals surface area contributed by atoms with E-state index in [-0.39, 0.29) is 0 Å². The van der Waals surface area contributed by atoms with Gasteiger partial charge in [0.2, 0.25) is 0 Å². The van der Waals surface area contributed by atoms with Crippen LogP contribution >= 0.6 is 0 Å². The predicted octanol–water partition coefficient (Wildman–Crippen LogP) is 3.72. The quantitative estimate of drug-likeness (QED) is 0.779. The Balaban J connectivity index is 1.98. The lowest BCUT2D eigenvalue weighted by Gasteiger charge is -2.17. The van der Waals surface area contributed by atoms with Gasteiger partial charge in [0.05, 0.1) is 6.54 Å². The first-order chi connectivity index (χ1) is 9.70. The van der Waals surface area contributed by atoms with Crippen molar-refractivity contribution in [1.82, 2.24) is 5.32 Å². The van der Waals surface area contributed by atoms with Crippen molar-refractivity contribution in [2.45, 2.75) is 33.4 Å². The molecule has 0 aliphatic carbocycles. The Morgan fingerprint density at radius 2 is 1.95 bits per heavy atom. The summed E-state index contributed by atoms with van der Waals surface area (Å²) in [5.74, 6) is 2.03. The van der Waals surface area contributed by atoms with E-state index in [0.29, 0.717) is 0 Å². The number of hydrogen-bond donors (Lipinski definition) is 1. The smallest absolute Gasteiger partial charge is 0.123 e. The van der Waals surface area contributed by atoms with E-state index in [4.69, 9.17) is 4.42 Å². The average molecular weight is 272 g/mol. The Hall–Kier alpha value is -1.74. The van der Waals surface area contributed by atoms with Crippen LogP contribution in [0.5, 0.6) is 0 Å². The lowest BCUT2D eigenvalue weighted by Crippen LogP contribution is -2.15.